The summed E-state index contributed by atoms with van der Waals surface area (Å²) in [7, 11) is 0. The Bertz CT molecular complexity index is 981. The molecule has 0 bridgehead atoms. The van der Waals surface area contributed by atoms with E-state index in [9.17, 15) is 9.59 Å². The molecule has 1 aliphatic heterocycles. The van der Waals surface area contributed by atoms with E-state index in [0.717, 1.165) is 36.3 Å². The number of carbonyl (C=O) groups is 2. The summed E-state index contributed by atoms with van der Waals surface area (Å²) in [6.45, 7) is 6.05. The number of aromatic nitrogens is 1. The molecule has 3 aromatic rings. The lowest BCUT2D eigenvalue weighted by molar-refractivity contribution is 0.0667. The summed E-state index contributed by atoms with van der Waals surface area (Å²) in [6, 6.07) is 9.60. The Balaban J connectivity index is 1.36. The fourth-order valence-electron chi connectivity index (χ4n) is 3.88. The van der Waals surface area contributed by atoms with Crippen LogP contribution in [0.25, 0.3) is 0 Å². The van der Waals surface area contributed by atoms with Crippen molar-refractivity contribution in [1.29, 1.82) is 0 Å². The van der Waals surface area contributed by atoms with E-state index in [1.54, 1.807) is 28.4 Å². The maximum Gasteiger partial charge on any atom is 0.289 e. The molecule has 7 heteroatoms. The van der Waals surface area contributed by atoms with Gasteiger partial charge in [0.15, 0.2) is 5.76 Å². The third-order valence-electron chi connectivity index (χ3n) is 5.56. The van der Waals surface area contributed by atoms with Crippen LogP contribution in [0.2, 0.25) is 0 Å². The molecule has 0 atom stereocenters. The predicted octanol–water partition coefficient (Wildman–Crippen LogP) is 3.84. The largest absolute Gasteiger partial charge is 0.459 e. The normalized spacial score (nSPS) is 14.9. The Morgan fingerprint density at radius 3 is 2.66 bits per heavy atom. The first-order valence-corrected chi connectivity index (χ1v) is 10.7. The van der Waals surface area contributed by atoms with E-state index in [1.165, 1.54) is 11.1 Å². The van der Waals surface area contributed by atoms with Gasteiger partial charge in [-0.05, 0) is 56.3 Å². The van der Waals surface area contributed by atoms with Gasteiger partial charge in [0.25, 0.3) is 11.8 Å². The standard InChI is InChI=1S/C22H25N3O3S/c1-15-13-19(16(2)25(15)14-18-5-4-12-29-18)21(26)23-17-7-9-24(10-8-17)22(27)20-6-3-11-28-20/h3-6,11-13,17H,7-10,14H2,1-2H3,(H,23,26). The van der Waals surface area contributed by atoms with Crippen LogP contribution < -0.4 is 5.32 Å². The van der Waals surface area contributed by atoms with Crippen molar-refractivity contribution in [1.82, 2.24) is 14.8 Å². The number of furan rings is 1. The summed E-state index contributed by atoms with van der Waals surface area (Å²) < 4.78 is 7.39. The number of aryl methyl sites for hydroxylation is 1. The van der Waals surface area contributed by atoms with Crippen molar-refractivity contribution in [2.75, 3.05) is 13.1 Å². The van der Waals surface area contributed by atoms with Crippen molar-refractivity contribution in [3.63, 3.8) is 0 Å². The Hall–Kier alpha value is -2.80. The molecule has 4 heterocycles. The molecule has 1 N–H and O–H groups in total. The van der Waals surface area contributed by atoms with Crippen LogP contribution in [0.5, 0.6) is 0 Å². The Morgan fingerprint density at radius 2 is 2.00 bits per heavy atom. The van der Waals surface area contributed by atoms with Crippen LogP contribution in [0, 0.1) is 13.8 Å². The minimum Gasteiger partial charge on any atom is -0.459 e. The average Bonchev–Trinajstić information content (AvgIpc) is 3.47. The zero-order valence-electron chi connectivity index (χ0n) is 16.7. The van der Waals surface area contributed by atoms with Gasteiger partial charge in [0.2, 0.25) is 0 Å². The number of hydrogen-bond acceptors (Lipinski definition) is 4. The lowest BCUT2D eigenvalue weighted by Gasteiger charge is -2.31. The van der Waals surface area contributed by atoms with E-state index in [0.29, 0.717) is 18.8 Å². The second kappa shape index (κ2) is 8.29. The molecule has 29 heavy (non-hydrogen) atoms. The van der Waals surface area contributed by atoms with Crippen LogP contribution in [-0.4, -0.2) is 40.4 Å². The number of amides is 2. The fraction of sp³-hybridized carbons (Fsp3) is 0.364. The summed E-state index contributed by atoms with van der Waals surface area (Å²) in [5, 5.41) is 5.23. The number of piperidine rings is 1. The van der Waals surface area contributed by atoms with E-state index in [2.05, 4.69) is 21.3 Å². The van der Waals surface area contributed by atoms with Crippen molar-refractivity contribution in [2.45, 2.75) is 39.3 Å². The Morgan fingerprint density at radius 1 is 1.21 bits per heavy atom. The van der Waals surface area contributed by atoms with Crippen molar-refractivity contribution >= 4 is 23.2 Å². The van der Waals surface area contributed by atoms with E-state index in [4.69, 9.17) is 4.42 Å². The molecule has 0 unspecified atom stereocenters. The lowest BCUT2D eigenvalue weighted by Crippen LogP contribution is -2.46. The number of nitrogens with one attached hydrogen (secondary N) is 1. The molecule has 1 aliphatic rings. The van der Waals surface area contributed by atoms with Gasteiger partial charge in [-0.15, -0.1) is 11.3 Å². The topological polar surface area (TPSA) is 67.5 Å². The summed E-state index contributed by atoms with van der Waals surface area (Å²) >= 11 is 1.72. The minimum atomic E-state index is -0.0862. The van der Waals surface area contributed by atoms with Crippen LogP contribution >= 0.6 is 11.3 Å². The van der Waals surface area contributed by atoms with Gasteiger partial charge in [0.1, 0.15) is 0 Å². The van der Waals surface area contributed by atoms with Gasteiger partial charge in [-0.3, -0.25) is 9.59 Å². The van der Waals surface area contributed by atoms with Crippen LogP contribution in [0.3, 0.4) is 0 Å². The molecule has 0 aromatic carbocycles. The van der Waals surface area contributed by atoms with Crippen molar-refractivity contribution in [3.05, 3.63) is 69.6 Å². The molecule has 0 aliphatic carbocycles. The smallest absolute Gasteiger partial charge is 0.289 e. The maximum atomic E-state index is 12.9. The quantitative estimate of drug-likeness (QED) is 0.694. The molecule has 6 nitrogen and oxygen atoms in total. The van der Waals surface area contributed by atoms with Crippen molar-refractivity contribution in [3.8, 4) is 0 Å². The molecule has 1 fully saturated rings. The van der Waals surface area contributed by atoms with Gasteiger partial charge in [-0.25, -0.2) is 0 Å². The van der Waals surface area contributed by atoms with E-state index in [-0.39, 0.29) is 17.9 Å². The van der Waals surface area contributed by atoms with E-state index >= 15 is 0 Å². The first kappa shape index (κ1) is 19.5. The first-order chi connectivity index (χ1) is 14.0. The number of nitrogens with zero attached hydrogens (tertiary/aromatic N) is 2. The zero-order chi connectivity index (χ0) is 20.4. The summed E-state index contributed by atoms with van der Waals surface area (Å²) in [6.07, 6.45) is 2.99. The zero-order valence-corrected chi connectivity index (χ0v) is 17.5. The molecule has 1 saturated heterocycles. The van der Waals surface area contributed by atoms with Crippen molar-refractivity contribution in [2.24, 2.45) is 0 Å². The highest BCUT2D eigenvalue weighted by Crippen LogP contribution is 2.20. The van der Waals surface area contributed by atoms with Gasteiger partial charge >= 0.3 is 0 Å². The van der Waals surface area contributed by atoms with E-state index in [1.807, 2.05) is 26.0 Å². The summed E-state index contributed by atoms with van der Waals surface area (Å²) in [5.41, 5.74) is 2.80. The number of likely N-dealkylation sites (tertiary alicyclic amines) is 1. The second-order valence-electron chi connectivity index (χ2n) is 7.47. The number of hydrogen-bond donors (Lipinski definition) is 1. The monoisotopic (exact) mass is 411 g/mol. The molecule has 4 rings (SSSR count). The summed E-state index contributed by atoms with van der Waals surface area (Å²) in [4.78, 5) is 28.3. The number of carbonyl (C=O) groups excluding carboxylic acids is 2. The Labute approximate surface area is 174 Å². The molecular weight excluding hydrogens is 386 g/mol. The highest BCUT2D eigenvalue weighted by molar-refractivity contribution is 7.09. The van der Waals surface area contributed by atoms with E-state index < -0.39 is 0 Å². The van der Waals surface area contributed by atoms with Crippen LogP contribution in [-0.2, 0) is 6.54 Å². The third kappa shape index (κ3) is 4.15. The average molecular weight is 412 g/mol. The SMILES string of the molecule is Cc1cc(C(=O)NC2CCN(C(=O)c3ccco3)CC2)c(C)n1Cc1cccs1. The van der Waals surface area contributed by atoms with Crippen LogP contribution in [0.1, 0.15) is 50.0 Å². The molecule has 0 saturated carbocycles. The van der Waals surface area contributed by atoms with Crippen molar-refractivity contribution < 1.29 is 14.0 Å². The van der Waals surface area contributed by atoms with Gasteiger partial charge < -0.3 is 19.2 Å². The van der Waals surface area contributed by atoms with Gasteiger partial charge in [0, 0.05) is 35.4 Å². The maximum absolute atomic E-state index is 12.9. The summed E-state index contributed by atoms with van der Waals surface area (Å²) in [5.74, 6) is 0.244. The fourth-order valence-corrected chi connectivity index (χ4v) is 4.57. The third-order valence-corrected chi connectivity index (χ3v) is 6.42. The molecule has 2 amide bonds. The first-order valence-electron chi connectivity index (χ1n) is 9.85. The van der Waals surface area contributed by atoms with Gasteiger partial charge in [-0.2, -0.15) is 0 Å². The molecular formula is C22H25N3O3S. The minimum absolute atomic E-state index is 0.0358. The Kier molecular flexibility index (Phi) is 5.58. The molecule has 3 aromatic heterocycles. The highest BCUT2D eigenvalue weighted by atomic mass is 32.1. The highest BCUT2D eigenvalue weighted by Gasteiger charge is 2.27. The van der Waals surface area contributed by atoms with Gasteiger partial charge in [0.05, 0.1) is 18.4 Å². The molecule has 152 valence electrons. The lowest BCUT2D eigenvalue weighted by atomic mass is 10.0. The second-order valence-corrected chi connectivity index (χ2v) is 8.50. The van der Waals surface area contributed by atoms with Gasteiger partial charge in [-0.1, -0.05) is 6.07 Å². The van der Waals surface area contributed by atoms with Crippen LogP contribution in [0.4, 0.5) is 0 Å². The molecule has 0 radical (unpaired) electrons. The number of rotatable bonds is 5. The number of thiophene rings is 1. The molecule has 0 spiro atoms. The predicted molar refractivity (Wildman–Crippen MR) is 112 cm³/mol. The van der Waals surface area contributed by atoms with Crippen LogP contribution in [0.15, 0.2) is 46.4 Å².